The van der Waals surface area contributed by atoms with Crippen molar-refractivity contribution in [3.05, 3.63) is 0 Å². The van der Waals surface area contributed by atoms with E-state index in [0.29, 0.717) is 6.42 Å². The zero-order valence-electron chi connectivity index (χ0n) is 7.52. The van der Waals surface area contributed by atoms with Crippen molar-refractivity contribution in [3.63, 3.8) is 0 Å². The molecule has 15 heavy (non-hydrogen) atoms. The fraction of sp³-hybridized carbons (Fsp3) is 0.750. The van der Waals surface area contributed by atoms with E-state index in [1.165, 1.54) is 0 Å². The van der Waals surface area contributed by atoms with Gasteiger partial charge in [-0.15, -0.1) is 0 Å². The van der Waals surface area contributed by atoms with Crippen molar-refractivity contribution in [1.29, 1.82) is 0 Å². The standard InChI is InChI=1S/C4H8O5S.H2O4S/c1-2-3-4(5)9-10(6,7)8;1-5(2,3)4/h2-3H2,1H3,(H,6,7,8);(H2,1,2,3,4). The highest BCUT2D eigenvalue weighted by Crippen LogP contribution is 1.94. The Hall–Kier alpha value is -0.750. The molecule has 92 valence electrons. The summed E-state index contributed by atoms with van der Waals surface area (Å²) >= 11 is 0. The summed E-state index contributed by atoms with van der Waals surface area (Å²) in [6, 6.07) is 0. The van der Waals surface area contributed by atoms with Crippen LogP contribution in [0.1, 0.15) is 19.8 Å². The van der Waals surface area contributed by atoms with Gasteiger partial charge in [0.05, 0.1) is 0 Å². The summed E-state index contributed by atoms with van der Waals surface area (Å²) in [4.78, 5) is 10.3. The summed E-state index contributed by atoms with van der Waals surface area (Å²) in [6.07, 6.45) is 0.466. The maximum Gasteiger partial charge on any atom is 0.448 e. The predicted octanol–water partition coefficient (Wildman–Crippen LogP) is -0.520. The average molecular weight is 266 g/mol. The molecule has 0 amide bonds. The molecule has 0 aliphatic heterocycles. The van der Waals surface area contributed by atoms with Crippen LogP contribution in [0.3, 0.4) is 0 Å². The molecule has 0 bridgehead atoms. The molecule has 0 spiro atoms. The van der Waals surface area contributed by atoms with Gasteiger partial charge in [0.1, 0.15) is 0 Å². The first-order valence-electron chi connectivity index (χ1n) is 3.35. The van der Waals surface area contributed by atoms with Crippen molar-refractivity contribution in [2.75, 3.05) is 0 Å². The predicted molar refractivity (Wildman–Crippen MR) is 46.7 cm³/mol. The minimum absolute atomic E-state index is 0.0141. The van der Waals surface area contributed by atoms with Gasteiger partial charge < -0.3 is 4.18 Å². The quantitative estimate of drug-likeness (QED) is 0.572. The van der Waals surface area contributed by atoms with Gasteiger partial charge in [0, 0.05) is 6.42 Å². The maximum atomic E-state index is 10.3. The molecule has 0 aliphatic carbocycles. The first kappa shape index (κ1) is 16.7. The molecule has 0 unspecified atom stereocenters. The molecular weight excluding hydrogens is 256 g/mol. The number of carbonyl (C=O) groups is 1. The van der Waals surface area contributed by atoms with Gasteiger partial charge >= 0.3 is 26.8 Å². The van der Waals surface area contributed by atoms with Crippen molar-refractivity contribution < 1.29 is 39.5 Å². The third-order valence-electron chi connectivity index (χ3n) is 0.652. The Morgan fingerprint density at radius 3 is 1.67 bits per heavy atom. The average Bonchev–Trinajstić information content (AvgIpc) is 1.77. The van der Waals surface area contributed by atoms with Crippen LogP contribution in [-0.2, 0) is 29.8 Å². The largest absolute Gasteiger partial charge is 0.448 e. The Morgan fingerprint density at radius 1 is 1.13 bits per heavy atom. The van der Waals surface area contributed by atoms with E-state index in [0.717, 1.165) is 0 Å². The zero-order valence-corrected chi connectivity index (χ0v) is 9.15. The molecule has 11 heteroatoms. The Kier molecular flexibility index (Phi) is 7.43. The van der Waals surface area contributed by atoms with Crippen LogP contribution in [-0.4, -0.2) is 36.5 Å². The van der Waals surface area contributed by atoms with Crippen LogP contribution < -0.4 is 0 Å². The Labute approximate surface area is 86.6 Å². The zero-order chi connectivity index (χ0) is 12.7. The van der Waals surface area contributed by atoms with Gasteiger partial charge in [0.15, 0.2) is 0 Å². The topological polar surface area (TPSA) is 155 Å². The van der Waals surface area contributed by atoms with Crippen molar-refractivity contribution >= 4 is 26.8 Å². The number of hydrogen-bond acceptors (Lipinski definition) is 6. The third kappa shape index (κ3) is 31.9. The number of carbonyl (C=O) groups excluding carboxylic acids is 1. The highest BCUT2D eigenvalue weighted by Gasteiger charge is 2.10. The fourth-order valence-electron chi connectivity index (χ4n) is 0.363. The Balaban J connectivity index is 0. The van der Waals surface area contributed by atoms with E-state index in [4.69, 9.17) is 22.1 Å². The molecule has 0 fully saturated rings. The van der Waals surface area contributed by atoms with E-state index in [9.17, 15) is 13.2 Å². The first-order chi connectivity index (χ1) is 6.45. The second-order valence-electron chi connectivity index (χ2n) is 2.08. The van der Waals surface area contributed by atoms with Gasteiger partial charge in [0.2, 0.25) is 0 Å². The maximum absolute atomic E-state index is 10.3. The van der Waals surface area contributed by atoms with Gasteiger partial charge in [-0.2, -0.15) is 16.8 Å². The smallest absolute Gasteiger partial charge is 0.325 e. The highest BCUT2D eigenvalue weighted by atomic mass is 32.3. The Bertz CT molecular complexity index is 368. The third-order valence-corrected chi connectivity index (χ3v) is 1.05. The van der Waals surface area contributed by atoms with Crippen molar-refractivity contribution in [2.45, 2.75) is 19.8 Å². The number of hydrogen-bond donors (Lipinski definition) is 3. The summed E-state index contributed by atoms with van der Waals surface area (Å²) in [6.45, 7) is 1.69. The van der Waals surface area contributed by atoms with E-state index in [1.54, 1.807) is 6.92 Å². The normalized spacial score (nSPS) is 11.2. The lowest BCUT2D eigenvalue weighted by atomic mass is 10.4. The van der Waals surface area contributed by atoms with Gasteiger partial charge in [-0.05, 0) is 6.42 Å². The van der Waals surface area contributed by atoms with Gasteiger partial charge in [0.25, 0.3) is 0 Å². The lowest BCUT2D eigenvalue weighted by Crippen LogP contribution is -2.10. The van der Waals surface area contributed by atoms with E-state index in [1.807, 2.05) is 0 Å². The van der Waals surface area contributed by atoms with Crippen LogP contribution in [0.5, 0.6) is 0 Å². The van der Waals surface area contributed by atoms with Gasteiger partial charge in [-0.25, -0.2) is 0 Å². The molecule has 9 nitrogen and oxygen atoms in total. The van der Waals surface area contributed by atoms with Crippen molar-refractivity contribution in [2.24, 2.45) is 0 Å². The van der Waals surface area contributed by atoms with Crippen LogP contribution in [0.25, 0.3) is 0 Å². The van der Waals surface area contributed by atoms with Crippen LogP contribution in [0.15, 0.2) is 0 Å². The molecule has 0 rings (SSSR count). The summed E-state index contributed by atoms with van der Waals surface area (Å²) in [5.41, 5.74) is 0. The summed E-state index contributed by atoms with van der Waals surface area (Å²) in [5.74, 6) is -0.940. The first-order valence-corrected chi connectivity index (χ1v) is 6.11. The van der Waals surface area contributed by atoms with Crippen molar-refractivity contribution in [1.82, 2.24) is 0 Å². The second-order valence-corrected chi connectivity index (χ2v) is 4.00. The lowest BCUT2D eigenvalue weighted by molar-refractivity contribution is -0.134. The van der Waals surface area contributed by atoms with E-state index >= 15 is 0 Å². The molecule has 0 saturated heterocycles. The van der Waals surface area contributed by atoms with Gasteiger partial charge in [-0.3, -0.25) is 18.5 Å². The SMILES string of the molecule is CCCC(=O)OS(=O)(=O)O.O=S(=O)(O)O. The molecule has 0 radical (unpaired) electrons. The molecule has 0 aromatic heterocycles. The van der Waals surface area contributed by atoms with E-state index in [2.05, 4.69) is 4.18 Å². The Morgan fingerprint density at radius 2 is 1.47 bits per heavy atom. The molecule has 0 atom stereocenters. The molecule has 0 heterocycles. The number of rotatable bonds is 3. The molecule has 0 aliphatic rings. The molecule has 3 N–H and O–H groups in total. The summed E-state index contributed by atoms with van der Waals surface area (Å²) in [7, 11) is -9.26. The molecular formula is C4H10O9S2. The lowest BCUT2D eigenvalue weighted by Gasteiger charge is -1.95. The monoisotopic (exact) mass is 266 g/mol. The van der Waals surface area contributed by atoms with E-state index in [-0.39, 0.29) is 6.42 Å². The fourth-order valence-corrected chi connectivity index (χ4v) is 0.681. The van der Waals surface area contributed by atoms with E-state index < -0.39 is 26.8 Å². The molecule has 0 aromatic carbocycles. The summed E-state index contributed by atoms with van der Waals surface area (Å²) < 4.78 is 62.8. The van der Waals surface area contributed by atoms with Crippen molar-refractivity contribution in [3.8, 4) is 0 Å². The molecule has 0 saturated carbocycles. The van der Waals surface area contributed by atoms with Crippen LogP contribution in [0, 0.1) is 0 Å². The van der Waals surface area contributed by atoms with Gasteiger partial charge in [-0.1, -0.05) is 6.92 Å². The molecule has 0 aromatic rings. The minimum atomic E-state index is -4.67. The van der Waals surface area contributed by atoms with Crippen LogP contribution in [0.2, 0.25) is 0 Å². The van der Waals surface area contributed by atoms with Crippen LogP contribution >= 0.6 is 0 Å². The second kappa shape index (κ2) is 6.68. The van der Waals surface area contributed by atoms with Crippen LogP contribution in [0.4, 0.5) is 0 Å². The summed E-state index contributed by atoms with van der Waals surface area (Å²) in [5, 5.41) is 0. The minimum Gasteiger partial charge on any atom is -0.325 e. The highest BCUT2D eigenvalue weighted by molar-refractivity contribution is 7.81.